The van der Waals surface area contributed by atoms with Gasteiger partial charge in [-0.1, -0.05) is 5.16 Å². The van der Waals surface area contributed by atoms with E-state index in [9.17, 15) is 4.79 Å². The highest BCUT2D eigenvalue weighted by molar-refractivity contribution is 5.83. The highest BCUT2D eigenvalue weighted by atomic mass is 16.6. The average Bonchev–Trinajstić information content (AvgIpc) is 1.85. The molecular weight excluding hydrogens is 118 g/mol. The third-order valence-electron chi connectivity index (χ3n) is 0.693. The van der Waals surface area contributed by atoms with E-state index in [-0.39, 0.29) is 0 Å². The van der Waals surface area contributed by atoms with E-state index in [1.807, 2.05) is 0 Å². The number of rotatable bonds is 3. The molecular formula is C6H9NO2. The smallest absolute Gasteiger partial charge is 0.143 e. The van der Waals surface area contributed by atoms with Crippen molar-refractivity contribution in [1.82, 2.24) is 0 Å². The molecule has 0 aromatic carbocycles. The quantitative estimate of drug-likeness (QED) is 0.243. The summed E-state index contributed by atoms with van der Waals surface area (Å²) in [6, 6.07) is 0. The zero-order chi connectivity index (χ0) is 7.11. The van der Waals surface area contributed by atoms with E-state index >= 15 is 0 Å². The molecule has 0 N–H and O–H groups in total. The number of aldehydes is 1. The van der Waals surface area contributed by atoms with E-state index in [4.69, 9.17) is 0 Å². The monoisotopic (exact) mass is 127 g/mol. The van der Waals surface area contributed by atoms with Crippen LogP contribution in [0.3, 0.4) is 0 Å². The van der Waals surface area contributed by atoms with Crippen molar-refractivity contribution < 1.29 is 9.63 Å². The Morgan fingerprint density at radius 1 is 1.67 bits per heavy atom. The van der Waals surface area contributed by atoms with E-state index in [1.165, 1.54) is 19.4 Å². The van der Waals surface area contributed by atoms with Crippen molar-refractivity contribution in [3.8, 4) is 0 Å². The van der Waals surface area contributed by atoms with Crippen molar-refractivity contribution in [3.05, 3.63) is 11.6 Å². The number of nitrogens with zero attached hydrogens (tertiary/aromatic N) is 1. The fourth-order valence-corrected chi connectivity index (χ4v) is 0.286. The number of carbonyl (C=O) groups excluding carboxylic acids is 1. The van der Waals surface area contributed by atoms with Gasteiger partial charge in [0.25, 0.3) is 0 Å². The standard InChI is InChI=1S/C6H9NO2/c1-6(3-4-8)5-7-9-2/h3-5H,1-2H3. The van der Waals surface area contributed by atoms with Gasteiger partial charge in [0.05, 0.1) is 6.21 Å². The summed E-state index contributed by atoms with van der Waals surface area (Å²) in [5.74, 6) is 0. The summed E-state index contributed by atoms with van der Waals surface area (Å²) in [7, 11) is 1.45. The summed E-state index contributed by atoms with van der Waals surface area (Å²) < 4.78 is 0. The molecule has 0 rings (SSSR count). The zero-order valence-corrected chi connectivity index (χ0v) is 5.50. The molecule has 0 aromatic rings. The van der Waals surface area contributed by atoms with E-state index in [0.717, 1.165) is 5.57 Å². The minimum absolute atomic E-state index is 0.705. The maximum absolute atomic E-state index is 9.80. The molecule has 0 spiro atoms. The Hall–Kier alpha value is -1.12. The van der Waals surface area contributed by atoms with Crippen LogP contribution in [-0.2, 0) is 9.63 Å². The fraction of sp³-hybridized carbons (Fsp3) is 0.333. The molecule has 0 aromatic heterocycles. The van der Waals surface area contributed by atoms with Crippen LogP contribution in [0.4, 0.5) is 0 Å². The summed E-state index contributed by atoms with van der Waals surface area (Å²) in [4.78, 5) is 14.2. The van der Waals surface area contributed by atoms with Crippen LogP contribution in [0, 0.1) is 0 Å². The van der Waals surface area contributed by atoms with Crippen LogP contribution in [0.25, 0.3) is 0 Å². The van der Waals surface area contributed by atoms with Gasteiger partial charge in [-0.2, -0.15) is 0 Å². The van der Waals surface area contributed by atoms with Crippen molar-refractivity contribution in [1.29, 1.82) is 0 Å². The molecule has 50 valence electrons. The predicted molar refractivity (Wildman–Crippen MR) is 35.3 cm³/mol. The highest BCUT2D eigenvalue weighted by Crippen LogP contribution is 1.83. The number of oxime groups is 1. The van der Waals surface area contributed by atoms with Crippen molar-refractivity contribution in [2.45, 2.75) is 6.92 Å². The normalized spacial score (nSPS) is 12.0. The Morgan fingerprint density at radius 3 is 2.78 bits per heavy atom. The van der Waals surface area contributed by atoms with Crippen molar-refractivity contribution in [2.24, 2.45) is 5.16 Å². The third-order valence-corrected chi connectivity index (χ3v) is 0.693. The first-order chi connectivity index (χ1) is 4.31. The van der Waals surface area contributed by atoms with Gasteiger partial charge in [-0.05, 0) is 18.6 Å². The first kappa shape index (κ1) is 7.88. The lowest BCUT2D eigenvalue weighted by molar-refractivity contribution is -0.104. The lowest BCUT2D eigenvalue weighted by Gasteiger charge is -1.84. The maximum Gasteiger partial charge on any atom is 0.143 e. The molecule has 0 aliphatic heterocycles. The Balaban J connectivity index is 3.74. The molecule has 0 aliphatic carbocycles. The van der Waals surface area contributed by atoms with Gasteiger partial charge < -0.3 is 4.84 Å². The highest BCUT2D eigenvalue weighted by Gasteiger charge is 1.77. The molecule has 0 saturated heterocycles. The van der Waals surface area contributed by atoms with Gasteiger partial charge in [0.2, 0.25) is 0 Å². The third kappa shape index (κ3) is 4.74. The Kier molecular flexibility index (Phi) is 4.40. The van der Waals surface area contributed by atoms with Crippen molar-refractivity contribution >= 4 is 12.5 Å². The summed E-state index contributed by atoms with van der Waals surface area (Å²) >= 11 is 0. The summed E-state index contributed by atoms with van der Waals surface area (Å²) in [5.41, 5.74) is 0.770. The molecule has 0 fully saturated rings. The minimum Gasteiger partial charge on any atom is -0.399 e. The lowest BCUT2D eigenvalue weighted by atomic mass is 10.3. The predicted octanol–water partition coefficient (Wildman–Crippen LogP) is 0.764. The van der Waals surface area contributed by atoms with Crippen LogP contribution in [0.2, 0.25) is 0 Å². The molecule has 0 heterocycles. The maximum atomic E-state index is 9.80. The van der Waals surface area contributed by atoms with Crippen LogP contribution in [0.15, 0.2) is 16.8 Å². The second kappa shape index (κ2) is 5.03. The second-order valence-corrected chi connectivity index (χ2v) is 1.46. The van der Waals surface area contributed by atoms with Crippen molar-refractivity contribution in [3.63, 3.8) is 0 Å². The van der Waals surface area contributed by atoms with Gasteiger partial charge in [0.1, 0.15) is 13.4 Å². The first-order valence-electron chi connectivity index (χ1n) is 2.50. The molecule has 0 saturated carbocycles. The average molecular weight is 127 g/mol. The summed E-state index contributed by atoms with van der Waals surface area (Å²) in [6.07, 6.45) is 3.58. The Morgan fingerprint density at radius 2 is 2.33 bits per heavy atom. The fourth-order valence-electron chi connectivity index (χ4n) is 0.286. The van der Waals surface area contributed by atoms with Gasteiger partial charge in [0, 0.05) is 0 Å². The molecule has 0 bridgehead atoms. The number of carbonyl (C=O) groups is 1. The van der Waals surface area contributed by atoms with Crippen LogP contribution in [0.1, 0.15) is 6.92 Å². The Labute approximate surface area is 54.0 Å². The van der Waals surface area contributed by atoms with E-state index in [1.54, 1.807) is 6.92 Å². The van der Waals surface area contributed by atoms with Crippen LogP contribution >= 0.6 is 0 Å². The number of allylic oxidation sites excluding steroid dienone is 2. The molecule has 0 aliphatic rings. The van der Waals surface area contributed by atoms with Gasteiger partial charge in [-0.3, -0.25) is 4.79 Å². The largest absolute Gasteiger partial charge is 0.399 e. The minimum atomic E-state index is 0.705. The lowest BCUT2D eigenvalue weighted by Crippen LogP contribution is -1.78. The molecule has 3 heteroatoms. The molecule has 0 amide bonds. The van der Waals surface area contributed by atoms with Gasteiger partial charge in [-0.15, -0.1) is 0 Å². The molecule has 0 atom stereocenters. The van der Waals surface area contributed by atoms with Crippen LogP contribution < -0.4 is 0 Å². The number of hydrogen-bond donors (Lipinski definition) is 0. The number of hydrogen-bond acceptors (Lipinski definition) is 3. The zero-order valence-electron chi connectivity index (χ0n) is 5.50. The first-order valence-corrected chi connectivity index (χ1v) is 2.50. The van der Waals surface area contributed by atoms with Gasteiger partial charge >= 0.3 is 0 Å². The Bertz CT molecular complexity index is 138. The summed E-state index contributed by atoms with van der Waals surface area (Å²) in [6.45, 7) is 1.76. The van der Waals surface area contributed by atoms with Crippen LogP contribution in [-0.4, -0.2) is 19.6 Å². The molecule has 0 unspecified atom stereocenters. The SMILES string of the molecule is CON=CC(C)=CC=O. The van der Waals surface area contributed by atoms with Gasteiger partial charge in [-0.25, -0.2) is 0 Å². The van der Waals surface area contributed by atoms with Crippen molar-refractivity contribution in [2.75, 3.05) is 7.11 Å². The van der Waals surface area contributed by atoms with Gasteiger partial charge in [0.15, 0.2) is 0 Å². The van der Waals surface area contributed by atoms with E-state index < -0.39 is 0 Å². The topological polar surface area (TPSA) is 38.7 Å². The summed E-state index contributed by atoms with van der Waals surface area (Å²) in [5, 5.41) is 3.44. The van der Waals surface area contributed by atoms with E-state index in [0.29, 0.717) is 6.29 Å². The molecule has 3 nitrogen and oxygen atoms in total. The van der Waals surface area contributed by atoms with Crippen LogP contribution in [0.5, 0.6) is 0 Å². The molecule has 0 radical (unpaired) electrons. The van der Waals surface area contributed by atoms with E-state index in [2.05, 4.69) is 9.99 Å². The second-order valence-electron chi connectivity index (χ2n) is 1.46. The molecule has 9 heavy (non-hydrogen) atoms.